The highest BCUT2D eigenvalue weighted by molar-refractivity contribution is 6.93. The van der Waals surface area contributed by atoms with Crippen molar-refractivity contribution >= 4 is 25.0 Å². The molecule has 3 N–H and O–H groups in total. The van der Waals surface area contributed by atoms with Crippen LogP contribution in [0.4, 0.5) is 10.5 Å². The zero-order valence-electron chi connectivity index (χ0n) is 13.3. The van der Waals surface area contributed by atoms with E-state index < -0.39 is 8.07 Å². The summed E-state index contributed by atoms with van der Waals surface area (Å²) in [4.78, 5) is 11.6. The van der Waals surface area contributed by atoms with Gasteiger partial charge in [0, 0.05) is 12.7 Å². The van der Waals surface area contributed by atoms with E-state index in [-0.39, 0.29) is 17.7 Å². The Balaban J connectivity index is 3.45. The first kappa shape index (κ1) is 16.7. The van der Waals surface area contributed by atoms with Crippen LogP contribution < -0.4 is 15.8 Å². The molecule has 0 fully saturated rings. The van der Waals surface area contributed by atoms with Crippen LogP contribution in [0.2, 0.25) is 18.1 Å². The van der Waals surface area contributed by atoms with E-state index in [1.807, 2.05) is 18.2 Å². The summed E-state index contributed by atoms with van der Waals surface area (Å²) < 4.78 is 0. The van der Waals surface area contributed by atoms with Crippen molar-refractivity contribution in [2.75, 3.05) is 12.4 Å². The second-order valence-electron chi connectivity index (χ2n) is 6.58. The van der Waals surface area contributed by atoms with E-state index in [4.69, 9.17) is 0 Å². The number of nitrogens with one attached hydrogen (secondary N) is 2. The number of hydrogen-bond acceptors (Lipinski definition) is 2. The molecule has 0 aliphatic heterocycles. The molecule has 1 rings (SSSR count). The molecule has 0 bridgehead atoms. The fourth-order valence-corrected chi connectivity index (χ4v) is 4.67. The monoisotopic (exact) mass is 294 g/mol. The van der Waals surface area contributed by atoms with Gasteiger partial charge in [-0.1, -0.05) is 46.0 Å². The van der Waals surface area contributed by atoms with Crippen molar-refractivity contribution in [2.24, 2.45) is 0 Å². The predicted molar refractivity (Wildman–Crippen MR) is 87.3 cm³/mol. The maximum absolute atomic E-state index is 11.6. The van der Waals surface area contributed by atoms with E-state index in [0.717, 1.165) is 16.4 Å². The van der Waals surface area contributed by atoms with Crippen LogP contribution in [0.3, 0.4) is 0 Å². The summed E-state index contributed by atoms with van der Waals surface area (Å²) in [6.07, 6.45) is 0. The zero-order valence-corrected chi connectivity index (χ0v) is 14.3. The third-order valence-electron chi connectivity index (χ3n) is 4.30. The Bertz CT molecular complexity index is 493. The molecule has 0 heterocycles. The highest BCUT2D eigenvalue weighted by Crippen LogP contribution is 2.37. The molecule has 112 valence electrons. The zero-order chi connectivity index (χ0) is 15.6. The summed E-state index contributed by atoms with van der Waals surface area (Å²) in [6, 6.07) is 5.47. The maximum Gasteiger partial charge on any atom is 0.318 e. The van der Waals surface area contributed by atoms with Gasteiger partial charge >= 0.3 is 6.03 Å². The number of aliphatic hydroxyl groups excluding tert-OH is 1. The molecule has 2 amide bonds. The number of hydrogen-bond donors (Lipinski definition) is 3. The van der Waals surface area contributed by atoms with Gasteiger partial charge in [-0.2, -0.15) is 0 Å². The van der Waals surface area contributed by atoms with Gasteiger partial charge in [-0.3, -0.25) is 0 Å². The SMILES string of the molecule is CNC(=O)Nc1cccc(CO)c1[Si](C)(C)C(C)(C)C. The molecule has 0 atom stereocenters. The minimum atomic E-state index is -1.87. The van der Waals surface area contributed by atoms with Crippen molar-refractivity contribution in [1.29, 1.82) is 0 Å². The van der Waals surface area contributed by atoms with Crippen LogP contribution in [-0.4, -0.2) is 26.3 Å². The van der Waals surface area contributed by atoms with Crippen LogP contribution in [0.5, 0.6) is 0 Å². The molecule has 0 aliphatic carbocycles. The lowest BCUT2D eigenvalue weighted by molar-refractivity contribution is 0.254. The Kier molecular flexibility index (Phi) is 4.99. The van der Waals surface area contributed by atoms with Crippen LogP contribution >= 0.6 is 0 Å². The highest BCUT2D eigenvalue weighted by Gasteiger charge is 2.40. The van der Waals surface area contributed by atoms with E-state index >= 15 is 0 Å². The molecule has 0 spiro atoms. The first-order valence-electron chi connectivity index (χ1n) is 6.87. The fraction of sp³-hybridized carbons (Fsp3) is 0.533. The maximum atomic E-state index is 11.6. The number of rotatable bonds is 3. The third kappa shape index (κ3) is 3.22. The van der Waals surface area contributed by atoms with Crippen molar-refractivity contribution in [3.05, 3.63) is 23.8 Å². The molecule has 0 aromatic heterocycles. The first-order chi connectivity index (χ1) is 9.15. The van der Waals surface area contributed by atoms with Crippen molar-refractivity contribution < 1.29 is 9.90 Å². The quantitative estimate of drug-likeness (QED) is 0.751. The van der Waals surface area contributed by atoms with E-state index in [0.29, 0.717) is 0 Å². The lowest BCUT2D eigenvalue weighted by Crippen LogP contribution is -2.52. The summed E-state index contributed by atoms with van der Waals surface area (Å²) in [5.74, 6) is 0. The number of amides is 2. The molecular formula is C15H26N2O2Si. The van der Waals surface area contributed by atoms with Gasteiger partial charge in [-0.25, -0.2) is 4.79 Å². The van der Waals surface area contributed by atoms with Gasteiger partial charge in [-0.05, 0) is 21.9 Å². The van der Waals surface area contributed by atoms with Crippen LogP contribution in [0.15, 0.2) is 18.2 Å². The molecule has 0 aliphatic rings. The predicted octanol–water partition coefficient (Wildman–Crippen LogP) is 2.65. The number of urea groups is 1. The van der Waals surface area contributed by atoms with E-state index in [9.17, 15) is 9.90 Å². The summed E-state index contributed by atoms with van der Waals surface area (Å²) >= 11 is 0. The molecule has 0 unspecified atom stereocenters. The summed E-state index contributed by atoms with van der Waals surface area (Å²) in [6.45, 7) is 11.2. The van der Waals surface area contributed by atoms with Crippen molar-refractivity contribution in [3.63, 3.8) is 0 Å². The van der Waals surface area contributed by atoms with Crippen LogP contribution in [0.25, 0.3) is 0 Å². The normalized spacial score (nSPS) is 12.2. The number of carbonyl (C=O) groups excluding carboxylic acids is 1. The Morgan fingerprint density at radius 2 is 1.90 bits per heavy atom. The topological polar surface area (TPSA) is 61.4 Å². The summed E-state index contributed by atoms with van der Waals surface area (Å²) in [5.41, 5.74) is 1.72. The van der Waals surface area contributed by atoms with Gasteiger partial charge in [0.1, 0.15) is 0 Å². The summed E-state index contributed by atoms with van der Waals surface area (Å²) in [7, 11) is -0.279. The standard InChI is InChI=1S/C15H26N2O2Si/c1-15(2,3)20(5,6)13-11(10-18)8-7-9-12(13)17-14(19)16-4/h7-9,18H,10H2,1-6H3,(H2,16,17,19). The summed E-state index contributed by atoms with van der Waals surface area (Å²) in [5, 5.41) is 16.4. The molecule has 1 aromatic rings. The molecule has 1 aromatic carbocycles. The van der Waals surface area contributed by atoms with Crippen molar-refractivity contribution in [1.82, 2.24) is 5.32 Å². The Labute approximate surface area is 122 Å². The molecule has 4 nitrogen and oxygen atoms in total. The van der Waals surface area contributed by atoms with Crippen LogP contribution in [0, 0.1) is 0 Å². The van der Waals surface area contributed by atoms with Crippen LogP contribution in [-0.2, 0) is 6.61 Å². The Hall–Kier alpha value is -1.33. The largest absolute Gasteiger partial charge is 0.392 e. The van der Waals surface area contributed by atoms with Gasteiger partial charge in [-0.15, -0.1) is 0 Å². The highest BCUT2D eigenvalue weighted by atomic mass is 28.3. The minimum absolute atomic E-state index is 0.00882. The van der Waals surface area contributed by atoms with Crippen molar-refractivity contribution in [2.45, 2.75) is 45.5 Å². The van der Waals surface area contributed by atoms with E-state index in [1.54, 1.807) is 7.05 Å². The van der Waals surface area contributed by atoms with Gasteiger partial charge in [0.15, 0.2) is 0 Å². The molecule has 0 radical (unpaired) electrons. The van der Waals surface area contributed by atoms with Crippen molar-refractivity contribution in [3.8, 4) is 0 Å². The number of benzene rings is 1. The fourth-order valence-electron chi connectivity index (χ4n) is 2.13. The molecular weight excluding hydrogens is 268 g/mol. The first-order valence-corrected chi connectivity index (χ1v) is 9.87. The van der Waals surface area contributed by atoms with Crippen LogP contribution in [0.1, 0.15) is 26.3 Å². The molecule has 20 heavy (non-hydrogen) atoms. The van der Waals surface area contributed by atoms with Gasteiger partial charge < -0.3 is 15.7 Å². The lowest BCUT2D eigenvalue weighted by Gasteiger charge is -2.39. The average molecular weight is 294 g/mol. The smallest absolute Gasteiger partial charge is 0.318 e. The van der Waals surface area contributed by atoms with E-state index in [1.165, 1.54) is 0 Å². The van der Waals surface area contributed by atoms with E-state index in [2.05, 4.69) is 44.5 Å². The Morgan fingerprint density at radius 1 is 1.30 bits per heavy atom. The minimum Gasteiger partial charge on any atom is -0.392 e. The lowest BCUT2D eigenvalue weighted by atomic mass is 10.2. The number of anilines is 1. The third-order valence-corrected chi connectivity index (χ3v) is 9.89. The number of aliphatic hydroxyl groups is 1. The molecule has 0 saturated heterocycles. The van der Waals surface area contributed by atoms with Gasteiger partial charge in [0.25, 0.3) is 0 Å². The van der Waals surface area contributed by atoms with Gasteiger partial charge in [0.05, 0.1) is 14.7 Å². The van der Waals surface area contributed by atoms with Gasteiger partial charge in [0.2, 0.25) is 0 Å². The molecule has 5 heteroatoms. The number of carbonyl (C=O) groups is 1. The Morgan fingerprint density at radius 3 is 2.35 bits per heavy atom. The second-order valence-corrected chi connectivity index (χ2v) is 11.8. The average Bonchev–Trinajstić information content (AvgIpc) is 2.36. The molecule has 0 saturated carbocycles. The second kappa shape index (κ2) is 5.97.